The molecule has 66 valence electrons. The molecule has 0 spiro atoms. The van der Waals surface area contributed by atoms with E-state index >= 15 is 0 Å². The SMILES string of the molecule is Cc1c(Cl)cccc1-c1c[nH]nn1. The van der Waals surface area contributed by atoms with Gasteiger partial charge in [-0.25, -0.2) is 0 Å². The molecule has 1 aromatic heterocycles. The second-order valence-electron chi connectivity index (χ2n) is 2.77. The summed E-state index contributed by atoms with van der Waals surface area (Å²) >= 11 is 5.97. The molecule has 0 atom stereocenters. The summed E-state index contributed by atoms with van der Waals surface area (Å²) in [5.74, 6) is 0. The van der Waals surface area contributed by atoms with Gasteiger partial charge in [0, 0.05) is 16.8 Å². The molecular formula is C9H8ClN3. The van der Waals surface area contributed by atoms with Crippen LogP contribution in [0.5, 0.6) is 0 Å². The zero-order chi connectivity index (χ0) is 9.26. The molecule has 0 saturated heterocycles. The quantitative estimate of drug-likeness (QED) is 0.756. The van der Waals surface area contributed by atoms with Crippen molar-refractivity contribution >= 4 is 11.6 Å². The summed E-state index contributed by atoms with van der Waals surface area (Å²) in [6, 6.07) is 5.74. The highest BCUT2D eigenvalue weighted by Gasteiger charge is 2.05. The molecule has 0 saturated carbocycles. The molecule has 0 fully saturated rings. The first-order chi connectivity index (χ1) is 6.29. The summed E-state index contributed by atoms with van der Waals surface area (Å²) in [6.07, 6.45) is 1.75. The predicted molar refractivity (Wildman–Crippen MR) is 51.6 cm³/mol. The number of H-pyrrole nitrogens is 1. The third-order valence-corrected chi connectivity index (χ3v) is 2.37. The minimum atomic E-state index is 0.750. The van der Waals surface area contributed by atoms with Crippen molar-refractivity contribution in [3.8, 4) is 11.3 Å². The van der Waals surface area contributed by atoms with Crippen LogP contribution in [0, 0.1) is 6.92 Å². The molecule has 1 N–H and O–H groups in total. The first-order valence-corrected chi connectivity index (χ1v) is 4.29. The van der Waals surface area contributed by atoms with E-state index in [2.05, 4.69) is 15.4 Å². The van der Waals surface area contributed by atoms with Gasteiger partial charge in [0.15, 0.2) is 0 Å². The fourth-order valence-corrected chi connectivity index (χ4v) is 1.39. The zero-order valence-electron chi connectivity index (χ0n) is 7.08. The minimum Gasteiger partial charge on any atom is -0.265 e. The average molecular weight is 194 g/mol. The lowest BCUT2D eigenvalue weighted by atomic mass is 10.1. The summed E-state index contributed by atoms with van der Waals surface area (Å²) in [7, 11) is 0. The molecule has 0 amide bonds. The van der Waals surface area contributed by atoms with Crippen LogP contribution in [0.3, 0.4) is 0 Å². The number of nitrogens with zero attached hydrogens (tertiary/aromatic N) is 2. The number of rotatable bonds is 1. The summed E-state index contributed by atoms with van der Waals surface area (Å²) < 4.78 is 0. The number of aromatic amines is 1. The highest BCUT2D eigenvalue weighted by atomic mass is 35.5. The fourth-order valence-electron chi connectivity index (χ4n) is 1.22. The molecule has 13 heavy (non-hydrogen) atoms. The van der Waals surface area contributed by atoms with Crippen LogP contribution in [-0.2, 0) is 0 Å². The van der Waals surface area contributed by atoms with E-state index < -0.39 is 0 Å². The van der Waals surface area contributed by atoms with Gasteiger partial charge in [-0.2, -0.15) is 0 Å². The van der Waals surface area contributed by atoms with E-state index in [1.807, 2.05) is 25.1 Å². The molecule has 1 aromatic carbocycles. The van der Waals surface area contributed by atoms with Crippen molar-refractivity contribution in [1.29, 1.82) is 0 Å². The van der Waals surface area contributed by atoms with Gasteiger partial charge in [-0.05, 0) is 18.6 Å². The Morgan fingerprint density at radius 1 is 1.38 bits per heavy atom. The number of benzene rings is 1. The molecule has 0 radical (unpaired) electrons. The molecule has 0 aliphatic heterocycles. The number of halogens is 1. The maximum Gasteiger partial charge on any atom is 0.113 e. The molecule has 1 heterocycles. The molecule has 2 rings (SSSR count). The normalized spacial score (nSPS) is 10.3. The van der Waals surface area contributed by atoms with E-state index in [0.29, 0.717) is 0 Å². The maximum atomic E-state index is 5.97. The van der Waals surface area contributed by atoms with Gasteiger partial charge in [-0.15, -0.1) is 5.10 Å². The highest BCUT2D eigenvalue weighted by molar-refractivity contribution is 6.31. The topological polar surface area (TPSA) is 41.6 Å². The van der Waals surface area contributed by atoms with Crippen molar-refractivity contribution in [2.24, 2.45) is 0 Å². The smallest absolute Gasteiger partial charge is 0.113 e. The number of aromatic nitrogens is 3. The van der Waals surface area contributed by atoms with Gasteiger partial charge in [0.1, 0.15) is 5.69 Å². The van der Waals surface area contributed by atoms with Crippen LogP contribution in [0.15, 0.2) is 24.4 Å². The summed E-state index contributed by atoms with van der Waals surface area (Å²) in [5, 5.41) is 11.0. The summed E-state index contributed by atoms with van der Waals surface area (Å²) in [5.41, 5.74) is 2.86. The van der Waals surface area contributed by atoms with Crippen LogP contribution in [0.25, 0.3) is 11.3 Å². The van der Waals surface area contributed by atoms with E-state index in [0.717, 1.165) is 21.8 Å². The summed E-state index contributed by atoms with van der Waals surface area (Å²) in [4.78, 5) is 0. The van der Waals surface area contributed by atoms with Crippen molar-refractivity contribution in [2.45, 2.75) is 6.92 Å². The lowest BCUT2D eigenvalue weighted by Gasteiger charge is -2.02. The Balaban J connectivity index is 2.59. The van der Waals surface area contributed by atoms with Crippen LogP contribution in [0.1, 0.15) is 5.56 Å². The van der Waals surface area contributed by atoms with Crippen molar-refractivity contribution in [1.82, 2.24) is 15.4 Å². The molecule has 2 aromatic rings. The first kappa shape index (κ1) is 8.26. The Hall–Kier alpha value is -1.35. The average Bonchev–Trinajstić information content (AvgIpc) is 2.62. The number of hydrogen-bond acceptors (Lipinski definition) is 2. The first-order valence-electron chi connectivity index (χ1n) is 3.91. The highest BCUT2D eigenvalue weighted by Crippen LogP contribution is 2.25. The van der Waals surface area contributed by atoms with Crippen LogP contribution in [0.4, 0.5) is 0 Å². The van der Waals surface area contributed by atoms with Crippen molar-refractivity contribution < 1.29 is 0 Å². The van der Waals surface area contributed by atoms with Gasteiger partial charge < -0.3 is 0 Å². The molecule has 0 unspecified atom stereocenters. The molecular weight excluding hydrogens is 186 g/mol. The molecule has 0 bridgehead atoms. The Morgan fingerprint density at radius 3 is 2.92 bits per heavy atom. The molecule has 4 heteroatoms. The van der Waals surface area contributed by atoms with E-state index in [9.17, 15) is 0 Å². The van der Waals surface area contributed by atoms with Crippen LogP contribution in [0.2, 0.25) is 5.02 Å². The van der Waals surface area contributed by atoms with E-state index in [4.69, 9.17) is 11.6 Å². The Bertz CT molecular complexity index is 409. The third-order valence-electron chi connectivity index (χ3n) is 1.96. The van der Waals surface area contributed by atoms with Crippen molar-refractivity contribution in [2.75, 3.05) is 0 Å². The van der Waals surface area contributed by atoms with Gasteiger partial charge >= 0.3 is 0 Å². The fraction of sp³-hybridized carbons (Fsp3) is 0.111. The van der Waals surface area contributed by atoms with Gasteiger partial charge in [0.25, 0.3) is 0 Å². The second kappa shape index (κ2) is 3.18. The summed E-state index contributed by atoms with van der Waals surface area (Å²) in [6.45, 7) is 1.96. The lowest BCUT2D eigenvalue weighted by molar-refractivity contribution is 0.942. The second-order valence-corrected chi connectivity index (χ2v) is 3.18. The molecule has 0 aliphatic rings. The van der Waals surface area contributed by atoms with Gasteiger partial charge in [-0.1, -0.05) is 28.9 Å². The number of nitrogens with one attached hydrogen (secondary N) is 1. The number of hydrogen-bond donors (Lipinski definition) is 1. The van der Waals surface area contributed by atoms with Crippen LogP contribution in [-0.4, -0.2) is 15.4 Å². The van der Waals surface area contributed by atoms with Crippen molar-refractivity contribution in [3.05, 3.63) is 35.0 Å². The zero-order valence-corrected chi connectivity index (χ0v) is 7.84. The Morgan fingerprint density at radius 2 is 2.23 bits per heavy atom. The standard InChI is InChI=1S/C9H8ClN3/c1-6-7(3-2-4-8(6)10)9-5-11-13-12-9/h2-5H,1H3,(H,11,12,13). The van der Waals surface area contributed by atoms with Crippen LogP contribution < -0.4 is 0 Å². The third kappa shape index (κ3) is 1.42. The van der Waals surface area contributed by atoms with Gasteiger partial charge in [0.2, 0.25) is 0 Å². The maximum absolute atomic E-state index is 5.97. The predicted octanol–water partition coefficient (Wildman–Crippen LogP) is 2.43. The minimum absolute atomic E-state index is 0.750. The van der Waals surface area contributed by atoms with E-state index in [1.165, 1.54) is 0 Å². The van der Waals surface area contributed by atoms with Crippen molar-refractivity contribution in [3.63, 3.8) is 0 Å². The van der Waals surface area contributed by atoms with Gasteiger partial charge in [0.05, 0.1) is 0 Å². The molecule has 0 aliphatic carbocycles. The van der Waals surface area contributed by atoms with Gasteiger partial charge in [-0.3, -0.25) is 5.10 Å². The van der Waals surface area contributed by atoms with E-state index in [1.54, 1.807) is 6.20 Å². The monoisotopic (exact) mass is 193 g/mol. The Kier molecular flexibility index (Phi) is 2.02. The largest absolute Gasteiger partial charge is 0.265 e. The van der Waals surface area contributed by atoms with Crippen LogP contribution >= 0.6 is 11.6 Å². The van der Waals surface area contributed by atoms with E-state index in [-0.39, 0.29) is 0 Å². The molecule has 3 nitrogen and oxygen atoms in total. The lowest BCUT2D eigenvalue weighted by Crippen LogP contribution is -1.84. The Labute approximate surface area is 80.7 Å².